The van der Waals surface area contributed by atoms with E-state index in [0.29, 0.717) is 23.4 Å². The molecule has 0 aliphatic carbocycles. The Balaban J connectivity index is 1.77. The molecule has 2 aliphatic heterocycles. The van der Waals surface area contributed by atoms with Crippen LogP contribution in [0.3, 0.4) is 0 Å². The number of aryl methyl sites for hydroxylation is 2. The Kier molecular flexibility index (Phi) is 5.21. The summed E-state index contributed by atoms with van der Waals surface area (Å²) in [5, 5.41) is 14.5. The van der Waals surface area contributed by atoms with E-state index in [1.54, 1.807) is 17.9 Å². The van der Waals surface area contributed by atoms with Gasteiger partial charge in [-0.2, -0.15) is 10.4 Å². The van der Waals surface area contributed by atoms with Gasteiger partial charge in [0.25, 0.3) is 5.88 Å². The number of nitrogen functional groups attached to an aromatic ring is 1. The van der Waals surface area contributed by atoms with Crippen molar-refractivity contribution in [3.63, 3.8) is 0 Å². The number of nitriles is 1. The molecular weight excluding hydrogens is 416 g/mol. The second-order valence-corrected chi connectivity index (χ2v) is 8.57. The first-order chi connectivity index (χ1) is 15.9. The van der Waals surface area contributed by atoms with Gasteiger partial charge >= 0.3 is 0 Å². The lowest BCUT2D eigenvalue weighted by atomic mass is 10.0. The lowest BCUT2D eigenvalue weighted by Crippen LogP contribution is -2.30. The second-order valence-electron chi connectivity index (χ2n) is 8.57. The van der Waals surface area contributed by atoms with Crippen molar-refractivity contribution in [3.05, 3.63) is 46.9 Å². The van der Waals surface area contributed by atoms with E-state index < -0.39 is 0 Å². The molecular formula is C24H26N8O. The molecule has 0 spiro atoms. The molecule has 2 aliphatic rings. The maximum atomic E-state index is 9.86. The van der Waals surface area contributed by atoms with Gasteiger partial charge in [-0.05, 0) is 32.8 Å². The zero-order chi connectivity index (χ0) is 23.1. The molecule has 9 nitrogen and oxygen atoms in total. The van der Waals surface area contributed by atoms with Crippen molar-refractivity contribution in [2.24, 2.45) is 12.0 Å². The van der Waals surface area contributed by atoms with E-state index in [-0.39, 0.29) is 17.8 Å². The third-order valence-corrected chi connectivity index (χ3v) is 6.20. The third-order valence-electron chi connectivity index (χ3n) is 6.20. The van der Waals surface area contributed by atoms with Crippen molar-refractivity contribution in [1.29, 1.82) is 5.26 Å². The maximum Gasteiger partial charge on any atom is 0.258 e. The van der Waals surface area contributed by atoms with E-state index in [0.717, 1.165) is 54.3 Å². The fraction of sp³-hybridized carbons (Fsp3) is 0.375. The van der Waals surface area contributed by atoms with Crippen molar-refractivity contribution in [3.8, 4) is 23.2 Å². The number of hydrogen-bond donors (Lipinski definition) is 1. The largest absolute Gasteiger partial charge is 0.467 e. The highest BCUT2D eigenvalue weighted by Gasteiger charge is 2.27. The molecule has 1 fully saturated rings. The molecule has 9 heteroatoms. The van der Waals surface area contributed by atoms with Crippen LogP contribution in [-0.2, 0) is 13.5 Å². The molecule has 168 valence electrons. The van der Waals surface area contributed by atoms with E-state index in [9.17, 15) is 5.26 Å². The van der Waals surface area contributed by atoms with Crippen molar-refractivity contribution in [1.82, 2.24) is 24.6 Å². The van der Waals surface area contributed by atoms with Gasteiger partial charge in [0, 0.05) is 25.7 Å². The predicted molar refractivity (Wildman–Crippen MR) is 125 cm³/mol. The van der Waals surface area contributed by atoms with Crippen molar-refractivity contribution in [2.45, 2.75) is 39.2 Å². The SMILES string of the molecule is Cc1ccc2c(c1)[C@@H](C)Oc1nc(cnc1N)-c1c(nn(C)c1C#N)C/C(N1CCCC1)=N\2. The van der Waals surface area contributed by atoms with Gasteiger partial charge in [0.15, 0.2) is 5.82 Å². The number of aliphatic imine (C=N–C) groups is 1. The topological polar surface area (TPSA) is 118 Å². The van der Waals surface area contributed by atoms with Crippen LogP contribution in [-0.4, -0.2) is 43.6 Å². The Morgan fingerprint density at radius 2 is 2.03 bits per heavy atom. The molecule has 1 saturated heterocycles. The number of amidine groups is 1. The molecule has 5 rings (SSSR count). The summed E-state index contributed by atoms with van der Waals surface area (Å²) in [6, 6.07) is 8.43. The maximum absolute atomic E-state index is 9.86. The van der Waals surface area contributed by atoms with Gasteiger partial charge in [-0.3, -0.25) is 4.68 Å². The minimum absolute atomic E-state index is 0.196. The highest BCUT2D eigenvalue weighted by molar-refractivity contribution is 5.89. The van der Waals surface area contributed by atoms with Crippen LogP contribution in [0.4, 0.5) is 11.5 Å². The Hall–Kier alpha value is -3.93. The summed E-state index contributed by atoms with van der Waals surface area (Å²) in [7, 11) is 1.76. The summed E-state index contributed by atoms with van der Waals surface area (Å²) in [5.74, 6) is 1.36. The van der Waals surface area contributed by atoms with Gasteiger partial charge in [-0.15, -0.1) is 0 Å². The Morgan fingerprint density at radius 1 is 1.24 bits per heavy atom. The zero-order valence-corrected chi connectivity index (χ0v) is 19.0. The van der Waals surface area contributed by atoms with E-state index >= 15 is 0 Å². The molecule has 0 radical (unpaired) electrons. The van der Waals surface area contributed by atoms with Crippen molar-refractivity contribution < 1.29 is 4.74 Å². The number of hydrogen-bond acceptors (Lipinski definition) is 8. The first-order valence-electron chi connectivity index (χ1n) is 11.1. The quantitative estimate of drug-likeness (QED) is 0.566. The third kappa shape index (κ3) is 3.78. The summed E-state index contributed by atoms with van der Waals surface area (Å²) in [4.78, 5) is 16.4. The van der Waals surface area contributed by atoms with Crippen LogP contribution >= 0.6 is 0 Å². The van der Waals surface area contributed by atoms with Gasteiger partial charge in [0.05, 0.1) is 35.3 Å². The average Bonchev–Trinajstić information content (AvgIpc) is 3.43. The van der Waals surface area contributed by atoms with Gasteiger partial charge in [-0.1, -0.05) is 17.7 Å². The van der Waals surface area contributed by atoms with Gasteiger partial charge in [0.2, 0.25) is 0 Å². The summed E-state index contributed by atoms with van der Waals surface area (Å²) in [6.07, 6.45) is 3.97. The number of nitrogens with two attached hydrogens (primary N) is 1. The van der Waals surface area contributed by atoms with Crippen LogP contribution < -0.4 is 10.5 Å². The average molecular weight is 443 g/mol. The fourth-order valence-corrected chi connectivity index (χ4v) is 4.51. The van der Waals surface area contributed by atoms with Crippen molar-refractivity contribution >= 4 is 17.3 Å². The number of benzene rings is 1. The minimum atomic E-state index is -0.349. The molecule has 1 atom stereocenters. The number of anilines is 1. The first-order valence-corrected chi connectivity index (χ1v) is 11.1. The van der Waals surface area contributed by atoms with Crippen LogP contribution in [0, 0.1) is 18.3 Å². The van der Waals surface area contributed by atoms with E-state index in [2.05, 4.69) is 38.2 Å². The summed E-state index contributed by atoms with van der Waals surface area (Å²) < 4.78 is 7.79. The van der Waals surface area contributed by atoms with Crippen LogP contribution in [0.5, 0.6) is 5.88 Å². The molecule has 4 heterocycles. The number of rotatable bonds is 0. The van der Waals surface area contributed by atoms with Crippen LogP contribution in [0.2, 0.25) is 0 Å². The number of nitrogens with zero attached hydrogens (tertiary/aromatic N) is 7. The molecule has 3 aromatic rings. The summed E-state index contributed by atoms with van der Waals surface area (Å²) in [6.45, 7) is 5.90. The second kappa shape index (κ2) is 8.20. The Morgan fingerprint density at radius 3 is 2.79 bits per heavy atom. The number of likely N-dealkylation sites (tertiary alicyclic amines) is 1. The zero-order valence-electron chi connectivity index (χ0n) is 19.0. The fourth-order valence-electron chi connectivity index (χ4n) is 4.51. The Bertz CT molecular complexity index is 1300. The summed E-state index contributed by atoms with van der Waals surface area (Å²) >= 11 is 0. The van der Waals surface area contributed by atoms with E-state index in [1.165, 1.54) is 0 Å². The summed E-state index contributed by atoms with van der Waals surface area (Å²) in [5.41, 5.74) is 11.3. The van der Waals surface area contributed by atoms with Crippen LogP contribution in [0.1, 0.15) is 48.4 Å². The highest BCUT2D eigenvalue weighted by Crippen LogP contribution is 2.35. The smallest absolute Gasteiger partial charge is 0.258 e. The molecule has 1 aromatic carbocycles. The van der Waals surface area contributed by atoms with Gasteiger partial charge in [-0.25, -0.2) is 15.0 Å². The lowest BCUT2D eigenvalue weighted by Gasteiger charge is -2.23. The van der Waals surface area contributed by atoms with E-state index in [4.69, 9.17) is 15.5 Å². The molecule has 0 saturated carbocycles. The predicted octanol–water partition coefficient (Wildman–Crippen LogP) is 3.46. The molecule has 2 aromatic heterocycles. The van der Waals surface area contributed by atoms with Gasteiger partial charge in [0.1, 0.15) is 23.7 Å². The standard InChI is InChI=1S/C24H26N8O/c1-14-6-7-17-16(10-14)15(2)33-24-23(26)27-13-19(29-24)22-18(30-31(3)20(22)12-25)11-21(28-17)32-8-4-5-9-32/h6-7,10,13,15H,4-5,8-9,11H2,1-3H3,(H2,26,27)/b28-21+/t15-/m1/s1. The van der Waals surface area contributed by atoms with Crippen molar-refractivity contribution in [2.75, 3.05) is 18.8 Å². The van der Waals surface area contributed by atoms with E-state index in [1.807, 2.05) is 19.9 Å². The molecule has 33 heavy (non-hydrogen) atoms. The first kappa shape index (κ1) is 20.9. The monoisotopic (exact) mass is 442 g/mol. The minimum Gasteiger partial charge on any atom is -0.467 e. The molecule has 0 amide bonds. The lowest BCUT2D eigenvalue weighted by molar-refractivity contribution is 0.219. The highest BCUT2D eigenvalue weighted by atomic mass is 16.5. The van der Waals surface area contributed by atoms with Crippen LogP contribution in [0.15, 0.2) is 29.4 Å². The van der Waals surface area contributed by atoms with Crippen LogP contribution in [0.25, 0.3) is 11.3 Å². The molecule has 2 bridgehead atoms. The number of fused-ring (bicyclic) bond motifs is 5. The molecule has 2 N–H and O–H groups in total. The van der Waals surface area contributed by atoms with Gasteiger partial charge < -0.3 is 15.4 Å². The number of ether oxygens (including phenoxy) is 1. The number of aromatic nitrogens is 4. The Labute approximate surface area is 192 Å². The molecule has 0 unspecified atom stereocenters. The normalized spacial score (nSPS) is 19.3.